The monoisotopic (exact) mass is 206 g/mol. The van der Waals surface area contributed by atoms with Crippen LogP contribution in [0.1, 0.15) is 25.3 Å². The minimum absolute atomic E-state index is 0.795. The third-order valence-electron chi connectivity index (χ3n) is 2.09. The molecule has 1 aromatic rings. The summed E-state index contributed by atoms with van der Waals surface area (Å²) in [4.78, 5) is 0. The molecule has 0 unspecified atom stereocenters. The fourth-order valence-corrected chi connectivity index (χ4v) is 1.14. The van der Waals surface area contributed by atoms with E-state index in [1.807, 2.05) is 30.3 Å². The van der Waals surface area contributed by atoms with Crippen LogP contribution in [-0.4, -0.2) is 13.7 Å². The zero-order valence-corrected chi connectivity index (χ0v) is 9.40. The maximum absolute atomic E-state index is 5.32. The van der Waals surface area contributed by atoms with Crippen LogP contribution in [-0.2, 0) is 4.74 Å². The Labute approximate surface area is 91.5 Å². The molecule has 0 saturated heterocycles. The SMILES string of the molecule is CCCCO/C=C\c1ccc(OC)cc1. The maximum Gasteiger partial charge on any atom is 0.118 e. The van der Waals surface area contributed by atoms with Gasteiger partial charge in [-0.3, -0.25) is 0 Å². The van der Waals surface area contributed by atoms with Gasteiger partial charge in [0.2, 0.25) is 0 Å². The molecule has 0 bridgehead atoms. The van der Waals surface area contributed by atoms with Crippen molar-refractivity contribution < 1.29 is 9.47 Å². The lowest BCUT2D eigenvalue weighted by Crippen LogP contribution is -1.85. The van der Waals surface area contributed by atoms with Crippen molar-refractivity contribution in [2.45, 2.75) is 19.8 Å². The average Bonchev–Trinajstić information content (AvgIpc) is 2.30. The number of benzene rings is 1. The molecule has 2 heteroatoms. The molecule has 2 nitrogen and oxygen atoms in total. The predicted octanol–water partition coefficient (Wildman–Crippen LogP) is 3.48. The van der Waals surface area contributed by atoms with Crippen LogP contribution in [0.5, 0.6) is 5.75 Å². The molecule has 0 spiro atoms. The summed E-state index contributed by atoms with van der Waals surface area (Å²) in [7, 11) is 1.67. The average molecular weight is 206 g/mol. The predicted molar refractivity (Wildman–Crippen MR) is 62.9 cm³/mol. The van der Waals surface area contributed by atoms with Gasteiger partial charge in [0.05, 0.1) is 20.0 Å². The zero-order chi connectivity index (χ0) is 10.9. The Bertz CT molecular complexity index is 288. The summed E-state index contributed by atoms with van der Waals surface area (Å²) in [6.45, 7) is 2.94. The van der Waals surface area contributed by atoms with E-state index in [0.717, 1.165) is 30.8 Å². The number of rotatable bonds is 6. The molecule has 0 aliphatic rings. The van der Waals surface area contributed by atoms with Crippen molar-refractivity contribution in [3.05, 3.63) is 36.1 Å². The highest BCUT2D eigenvalue weighted by molar-refractivity contribution is 5.49. The third kappa shape index (κ3) is 4.54. The van der Waals surface area contributed by atoms with E-state index >= 15 is 0 Å². The van der Waals surface area contributed by atoms with E-state index in [1.54, 1.807) is 13.4 Å². The Morgan fingerprint density at radius 3 is 2.53 bits per heavy atom. The molecule has 0 radical (unpaired) electrons. The number of ether oxygens (including phenoxy) is 2. The lowest BCUT2D eigenvalue weighted by molar-refractivity contribution is 0.246. The van der Waals surface area contributed by atoms with Crippen molar-refractivity contribution >= 4 is 6.08 Å². The molecule has 0 atom stereocenters. The molecule has 0 amide bonds. The van der Waals surface area contributed by atoms with E-state index in [0.29, 0.717) is 0 Å². The van der Waals surface area contributed by atoms with E-state index in [1.165, 1.54) is 0 Å². The molecule has 0 fully saturated rings. The second kappa shape index (κ2) is 6.93. The number of hydrogen-bond acceptors (Lipinski definition) is 2. The van der Waals surface area contributed by atoms with Gasteiger partial charge in [0.25, 0.3) is 0 Å². The molecular formula is C13H18O2. The van der Waals surface area contributed by atoms with Gasteiger partial charge in [0, 0.05) is 0 Å². The van der Waals surface area contributed by atoms with Crippen molar-refractivity contribution in [3.8, 4) is 5.75 Å². The number of methoxy groups -OCH3 is 1. The van der Waals surface area contributed by atoms with E-state index in [-0.39, 0.29) is 0 Å². The first-order valence-corrected chi connectivity index (χ1v) is 5.29. The minimum atomic E-state index is 0.795. The largest absolute Gasteiger partial charge is 0.501 e. The van der Waals surface area contributed by atoms with E-state index in [9.17, 15) is 0 Å². The van der Waals surface area contributed by atoms with E-state index < -0.39 is 0 Å². The highest BCUT2D eigenvalue weighted by Gasteiger charge is 1.89. The van der Waals surface area contributed by atoms with Crippen LogP contribution in [0, 0.1) is 0 Å². The first kappa shape index (κ1) is 11.6. The standard InChI is InChI=1S/C13H18O2/c1-3-4-10-15-11-9-12-5-7-13(14-2)8-6-12/h5-9,11H,3-4,10H2,1-2H3/b11-9-. The normalized spacial score (nSPS) is 10.5. The molecule has 82 valence electrons. The van der Waals surface area contributed by atoms with Gasteiger partial charge in [-0.1, -0.05) is 25.5 Å². The van der Waals surface area contributed by atoms with Crippen molar-refractivity contribution in [1.82, 2.24) is 0 Å². The van der Waals surface area contributed by atoms with Gasteiger partial charge >= 0.3 is 0 Å². The minimum Gasteiger partial charge on any atom is -0.501 e. The Kier molecular flexibility index (Phi) is 5.38. The van der Waals surface area contributed by atoms with Crippen LogP contribution in [0.3, 0.4) is 0 Å². The Morgan fingerprint density at radius 1 is 1.20 bits per heavy atom. The van der Waals surface area contributed by atoms with Crippen molar-refractivity contribution in [1.29, 1.82) is 0 Å². The van der Waals surface area contributed by atoms with Crippen LogP contribution in [0.15, 0.2) is 30.5 Å². The summed E-state index contributed by atoms with van der Waals surface area (Å²) in [5.41, 5.74) is 1.12. The van der Waals surface area contributed by atoms with Crippen LogP contribution < -0.4 is 4.74 Å². The van der Waals surface area contributed by atoms with Gasteiger partial charge in [0.15, 0.2) is 0 Å². The van der Waals surface area contributed by atoms with E-state index in [4.69, 9.17) is 9.47 Å². The summed E-state index contributed by atoms with van der Waals surface area (Å²) < 4.78 is 10.4. The first-order valence-electron chi connectivity index (χ1n) is 5.29. The van der Waals surface area contributed by atoms with Gasteiger partial charge in [0.1, 0.15) is 5.75 Å². The Balaban J connectivity index is 2.36. The molecule has 0 aliphatic heterocycles. The highest BCUT2D eigenvalue weighted by atomic mass is 16.5. The van der Waals surface area contributed by atoms with Gasteiger partial charge in [-0.15, -0.1) is 0 Å². The highest BCUT2D eigenvalue weighted by Crippen LogP contribution is 2.12. The van der Waals surface area contributed by atoms with Crippen molar-refractivity contribution in [3.63, 3.8) is 0 Å². The van der Waals surface area contributed by atoms with Gasteiger partial charge in [-0.05, 0) is 30.2 Å². The topological polar surface area (TPSA) is 18.5 Å². The van der Waals surface area contributed by atoms with E-state index in [2.05, 4.69) is 6.92 Å². The summed E-state index contributed by atoms with van der Waals surface area (Å²) in [6, 6.07) is 7.87. The lowest BCUT2D eigenvalue weighted by atomic mass is 10.2. The lowest BCUT2D eigenvalue weighted by Gasteiger charge is -2.00. The second-order valence-electron chi connectivity index (χ2n) is 3.30. The zero-order valence-electron chi connectivity index (χ0n) is 9.40. The van der Waals surface area contributed by atoms with Crippen LogP contribution in [0.2, 0.25) is 0 Å². The molecular weight excluding hydrogens is 188 g/mol. The van der Waals surface area contributed by atoms with Crippen molar-refractivity contribution in [2.24, 2.45) is 0 Å². The molecule has 1 rings (SSSR count). The smallest absolute Gasteiger partial charge is 0.118 e. The molecule has 0 saturated carbocycles. The molecule has 0 aliphatic carbocycles. The van der Waals surface area contributed by atoms with Crippen molar-refractivity contribution in [2.75, 3.05) is 13.7 Å². The molecule has 15 heavy (non-hydrogen) atoms. The molecule has 0 N–H and O–H groups in total. The van der Waals surface area contributed by atoms with Gasteiger partial charge in [-0.25, -0.2) is 0 Å². The van der Waals surface area contributed by atoms with Crippen LogP contribution in [0.4, 0.5) is 0 Å². The molecule has 0 heterocycles. The van der Waals surface area contributed by atoms with Crippen LogP contribution >= 0.6 is 0 Å². The summed E-state index contributed by atoms with van der Waals surface area (Å²) in [6.07, 6.45) is 5.97. The maximum atomic E-state index is 5.32. The third-order valence-corrected chi connectivity index (χ3v) is 2.09. The Hall–Kier alpha value is -1.44. The second-order valence-corrected chi connectivity index (χ2v) is 3.30. The van der Waals surface area contributed by atoms with Gasteiger partial charge < -0.3 is 9.47 Å². The Morgan fingerprint density at radius 2 is 1.93 bits per heavy atom. The fraction of sp³-hybridized carbons (Fsp3) is 0.385. The number of hydrogen-bond donors (Lipinski definition) is 0. The molecule has 0 aromatic heterocycles. The summed E-state index contributed by atoms with van der Waals surface area (Å²) in [5.74, 6) is 0.874. The first-order chi connectivity index (χ1) is 7.36. The van der Waals surface area contributed by atoms with Gasteiger partial charge in [-0.2, -0.15) is 0 Å². The summed E-state index contributed by atoms with van der Waals surface area (Å²) in [5, 5.41) is 0. The summed E-state index contributed by atoms with van der Waals surface area (Å²) >= 11 is 0. The van der Waals surface area contributed by atoms with Crippen LogP contribution in [0.25, 0.3) is 6.08 Å². The quantitative estimate of drug-likeness (QED) is 0.524. The molecule has 1 aromatic carbocycles. The fourth-order valence-electron chi connectivity index (χ4n) is 1.14. The number of unbranched alkanes of at least 4 members (excludes halogenated alkanes) is 1.